The lowest BCUT2D eigenvalue weighted by molar-refractivity contribution is 0.485. The van der Waals surface area contributed by atoms with Gasteiger partial charge >= 0.3 is 0 Å². The molecule has 2 nitrogen and oxygen atoms in total. The van der Waals surface area contributed by atoms with Crippen LogP contribution in [0.1, 0.15) is 12.6 Å². The normalized spacial score (nSPS) is 13.4. The first-order valence-electron chi connectivity index (χ1n) is 3.78. The Morgan fingerprint density at radius 2 is 2.45 bits per heavy atom. The molecule has 3 heteroatoms. The highest BCUT2D eigenvalue weighted by atomic mass is 35.5. The van der Waals surface area contributed by atoms with Gasteiger partial charge in [-0.15, -0.1) is 11.6 Å². The van der Waals surface area contributed by atoms with E-state index in [0.29, 0.717) is 11.8 Å². The SMILES string of the molecule is Cc1ccn(CC(C)CCl)n1. The molecule has 0 N–H and O–H groups in total. The number of hydrogen-bond acceptors (Lipinski definition) is 1. The highest BCUT2D eigenvalue weighted by molar-refractivity contribution is 6.18. The molecule has 62 valence electrons. The Bertz CT molecular complexity index is 220. The van der Waals surface area contributed by atoms with Crippen molar-refractivity contribution in [2.24, 2.45) is 5.92 Å². The summed E-state index contributed by atoms with van der Waals surface area (Å²) < 4.78 is 1.93. The molecule has 0 saturated heterocycles. The van der Waals surface area contributed by atoms with E-state index in [4.69, 9.17) is 11.6 Å². The Balaban J connectivity index is 2.50. The Kier molecular flexibility index (Phi) is 2.94. The van der Waals surface area contributed by atoms with Gasteiger partial charge in [-0.1, -0.05) is 6.92 Å². The standard InChI is InChI=1S/C8H13ClN2/c1-7(5-9)6-11-4-3-8(2)10-11/h3-4,7H,5-6H2,1-2H3. The first-order valence-corrected chi connectivity index (χ1v) is 4.32. The quantitative estimate of drug-likeness (QED) is 0.639. The lowest BCUT2D eigenvalue weighted by Crippen LogP contribution is -2.09. The number of halogens is 1. The Morgan fingerprint density at radius 3 is 2.91 bits per heavy atom. The predicted molar refractivity (Wildman–Crippen MR) is 46.8 cm³/mol. The molecule has 0 saturated carbocycles. The van der Waals surface area contributed by atoms with E-state index in [1.165, 1.54) is 0 Å². The maximum Gasteiger partial charge on any atom is 0.0593 e. The Labute approximate surface area is 72.2 Å². The minimum atomic E-state index is 0.496. The maximum atomic E-state index is 5.67. The van der Waals surface area contributed by atoms with E-state index >= 15 is 0 Å². The van der Waals surface area contributed by atoms with E-state index in [1.54, 1.807) is 0 Å². The monoisotopic (exact) mass is 172 g/mol. The van der Waals surface area contributed by atoms with Crippen LogP contribution in [0.5, 0.6) is 0 Å². The fourth-order valence-electron chi connectivity index (χ4n) is 0.933. The van der Waals surface area contributed by atoms with Crippen LogP contribution in [0.4, 0.5) is 0 Å². The molecule has 1 rings (SSSR count). The Morgan fingerprint density at radius 1 is 1.73 bits per heavy atom. The van der Waals surface area contributed by atoms with Crippen LogP contribution in [0.2, 0.25) is 0 Å². The van der Waals surface area contributed by atoms with Crippen LogP contribution < -0.4 is 0 Å². The molecule has 11 heavy (non-hydrogen) atoms. The van der Waals surface area contributed by atoms with Crippen molar-refractivity contribution in [1.82, 2.24) is 9.78 Å². The van der Waals surface area contributed by atoms with Crippen LogP contribution >= 0.6 is 11.6 Å². The van der Waals surface area contributed by atoms with Crippen molar-refractivity contribution < 1.29 is 0 Å². The van der Waals surface area contributed by atoms with Crippen LogP contribution in [-0.2, 0) is 6.54 Å². The van der Waals surface area contributed by atoms with Gasteiger partial charge in [0.1, 0.15) is 0 Å². The summed E-state index contributed by atoms with van der Waals surface area (Å²) in [6.07, 6.45) is 1.98. The first-order chi connectivity index (χ1) is 5.22. The molecule has 0 spiro atoms. The fourth-order valence-corrected chi connectivity index (χ4v) is 1.03. The van der Waals surface area contributed by atoms with Crippen LogP contribution in [0.3, 0.4) is 0 Å². The summed E-state index contributed by atoms with van der Waals surface area (Å²) in [5.74, 6) is 1.19. The summed E-state index contributed by atoms with van der Waals surface area (Å²) in [6.45, 7) is 5.02. The van der Waals surface area contributed by atoms with Crippen LogP contribution in [0, 0.1) is 12.8 Å². The molecule has 1 unspecified atom stereocenters. The van der Waals surface area contributed by atoms with Crippen molar-refractivity contribution in [1.29, 1.82) is 0 Å². The molecule has 1 atom stereocenters. The van der Waals surface area contributed by atoms with E-state index in [0.717, 1.165) is 12.2 Å². The summed E-state index contributed by atoms with van der Waals surface area (Å²) >= 11 is 5.67. The maximum absolute atomic E-state index is 5.67. The van der Waals surface area contributed by atoms with Gasteiger partial charge in [-0.3, -0.25) is 4.68 Å². The van der Waals surface area contributed by atoms with Crippen molar-refractivity contribution in [2.45, 2.75) is 20.4 Å². The zero-order valence-electron chi connectivity index (χ0n) is 6.92. The van der Waals surface area contributed by atoms with Gasteiger partial charge < -0.3 is 0 Å². The summed E-state index contributed by atoms with van der Waals surface area (Å²) in [6, 6.07) is 2.00. The third-order valence-electron chi connectivity index (χ3n) is 1.54. The minimum absolute atomic E-state index is 0.496. The molecule has 0 aliphatic rings. The Hall–Kier alpha value is -0.500. The van der Waals surface area contributed by atoms with Gasteiger partial charge in [0.25, 0.3) is 0 Å². The topological polar surface area (TPSA) is 17.8 Å². The van der Waals surface area contributed by atoms with Gasteiger partial charge in [-0.25, -0.2) is 0 Å². The highest BCUT2D eigenvalue weighted by Gasteiger charge is 2.01. The minimum Gasteiger partial charge on any atom is -0.272 e. The van der Waals surface area contributed by atoms with E-state index in [2.05, 4.69) is 12.0 Å². The van der Waals surface area contributed by atoms with Crippen molar-refractivity contribution >= 4 is 11.6 Å². The molecular formula is C8H13ClN2. The first kappa shape index (κ1) is 8.60. The van der Waals surface area contributed by atoms with Gasteiger partial charge in [0.15, 0.2) is 0 Å². The molecule has 0 aliphatic carbocycles. The lowest BCUT2D eigenvalue weighted by atomic mass is 10.2. The van der Waals surface area contributed by atoms with Crippen molar-refractivity contribution in [3.05, 3.63) is 18.0 Å². The second kappa shape index (κ2) is 3.77. The molecule has 0 fully saturated rings. The molecule has 1 heterocycles. The third-order valence-corrected chi connectivity index (χ3v) is 2.06. The van der Waals surface area contributed by atoms with E-state index in [1.807, 2.05) is 23.9 Å². The number of rotatable bonds is 3. The molecule has 0 radical (unpaired) electrons. The van der Waals surface area contributed by atoms with Crippen molar-refractivity contribution in [2.75, 3.05) is 5.88 Å². The van der Waals surface area contributed by atoms with E-state index < -0.39 is 0 Å². The molecule has 1 aromatic rings. The average molecular weight is 173 g/mol. The molecule has 0 amide bonds. The van der Waals surface area contributed by atoms with Crippen LogP contribution in [-0.4, -0.2) is 15.7 Å². The molecule has 1 aromatic heterocycles. The smallest absolute Gasteiger partial charge is 0.0593 e. The van der Waals surface area contributed by atoms with Crippen LogP contribution in [0.15, 0.2) is 12.3 Å². The zero-order chi connectivity index (χ0) is 8.27. The fraction of sp³-hybridized carbons (Fsp3) is 0.625. The zero-order valence-corrected chi connectivity index (χ0v) is 7.67. The molecule has 0 aromatic carbocycles. The highest BCUT2D eigenvalue weighted by Crippen LogP contribution is 2.02. The molecular weight excluding hydrogens is 160 g/mol. The van der Waals surface area contributed by atoms with E-state index in [9.17, 15) is 0 Å². The van der Waals surface area contributed by atoms with Gasteiger partial charge in [-0.05, 0) is 18.9 Å². The van der Waals surface area contributed by atoms with Gasteiger partial charge in [-0.2, -0.15) is 5.10 Å². The van der Waals surface area contributed by atoms with Gasteiger partial charge in [0.05, 0.1) is 5.69 Å². The van der Waals surface area contributed by atoms with Crippen molar-refractivity contribution in [3.63, 3.8) is 0 Å². The lowest BCUT2D eigenvalue weighted by Gasteiger charge is -2.06. The molecule has 0 aliphatic heterocycles. The summed E-state index contributed by atoms with van der Waals surface area (Å²) in [4.78, 5) is 0. The number of aryl methyl sites for hydroxylation is 1. The average Bonchev–Trinajstić information content (AvgIpc) is 2.35. The van der Waals surface area contributed by atoms with Crippen molar-refractivity contribution in [3.8, 4) is 0 Å². The number of aromatic nitrogens is 2. The number of hydrogen-bond donors (Lipinski definition) is 0. The largest absolute Gasteiger partial charge is 0.272 e. The molecule has 0 bridgehead atoms. The number of alkyl halides is 1. The summed E-state index contributed by atoms with van der Waals surface area (Å²) in [5.41, 5.74) is 1.06. The van der Waals surface area contributed by atoms with Gasteiger partial charge in [0.2, 0.25) is 0 Å². The summed E-state index contributed by atoms with van der Waals surface area (Å²) in [7, 11) is 0. The third kappa shape index (κ3) is 2.54. The predicted octanol–water partition coefficient (Wildman–Crippen LogP) is 2.07. The number of nitrogens with zero attached hydrogens (tertiary/aromatic N) is 2. The van der Waals surface area contributed by atoms with Gasteiger partial charge in [0, 0.05) is 18.6 Å². The second-order valence-corrected chi connectivity index (χ2v) is 3.25. The van der Waals surface area contributed by atoms with Crippen LogP contribution in [0.25, 0.3) is 0 Å². The summed E-state index contributed by atoms with van der Waals surface area (Å²) in [5, 5.41) is 4.26. The second-order valence-electron chi connectivity index (χ2n) is 2.94. The van der Waals surface area contributed by atoms with E-state index in [-0.39, 0.29) is 0 Å².